The predicted octanol–water partition coefficient (Wildman–Crippen LogP) is 2.85. The minimum atomic E-state index is -0.457. The van der Waals surface area contributed by atoms with Crippen molar-refractivity contribution in [1.29, 1.82) is 0 Å². The van der Waals surface area contributed by atoms with Gasteiger partial charge in [0.2, 0.25) is 0 Å². The Bertz CT molecular complexity index is 490. The predicted molar refractivity (Wildman–Crippen MR) is 88.1 cm³/mol. The Labute approximate surface area is 131 Å². The zero-order valence-corrected chi connectivity index (χ0v) is 13.8. The Morgan fingerprint density at radius 1 is 1.43 bits per heavy atom. The van der Waals surface area contributed by atoms with Crippen molar-refractivity contribution in [2.75, 3.05) is 37.8 Å². The van der Waals surface area contributed by atoms with Crippen molar-refractivity contribution in [3.05, 3.63) is 22.7 Å². The van der Waals surface area contributed by atoms with Crippen LogP contribution >= 0.6 is 11.6 Å². The van der Waals surface area contributed by atoms with Crippen LogP contribution in [0.5, 0.6) is 0 Å². The van der Waals surface area contributed by atoms with Gasteiger partial charge in [-0.05, 0) is 32.1 Å². The van der Waals surface area contributed by atoms with Gasteiger partial charge in [-0.15, -0.1) is 0 Å². The van der Waals surface area contributed by atoms with Crippen molar-refractivity contribution >= 4 is 28.9 Å². The number of likely N-dealkylation sites (N-methyl/N-ethyl adjacent to an activating group) is 1. The number of anilines is 2. The molecule has 0 aromatic heterocycles. The van der Waals surface area contributed by atoms with Gasteiger partial charge >= 0.3 is 5.97 Å². The Morgan fingerprint density at radius 3 is 2.57 bits per heavy atom. The first kappa shape index (κ1) is 17.6. The van der Waals surface area contributed by atoms with Crippen LogP contribution in [-0.4, -0.2) is 43.7 Å². The lowest BCUT2D eigenvalue weighted by Gasteiger charge is -2.25. The largest absolute Gasteiger partial charge is 0.465 e. The topological polar surface area (TPSA) is 67.6 Å². The van der Waals surface area contributed by atoms with Crippen molar-refractivity contribution < 1.29 is 9.53 Å². The van der Waals surface area contributed by atoms with E-state index in [1.165, 1.54) is 7.11 Å². The zero-order valence-electron chi connectivity index (χ0n) is 13.1. The molecule has 6 heteroatoms. The molecule has 1 aromatic rings. The number of methoxy groups -OCH3 is 1. The van der Waals surface area contributed by atoms with Gasteiger partial charge in [-0.2, -0.15) is 0 Å². The molecule has 1 rings (SSSR count). The standard InChI is InChI=1S/C15H24ClN3O2/c1-5-19(6-2)9-10(3)18-14-12(15(20)21-4)7-11(17)8-13(14)16/h7-8,10,18H,5-6,9,17H2,1-4H3. The van der Waals surface area contributed by atoms with E-state index >= 15 is 0 Å². The van der Waals surface area contributed by atoms with Crippen molar-refractivity contribution in [3.63, 3.8) is 0 Å². The number of benzene rings is 1. The molecule has 1 unspecified atom stereocenters. The van der Waals surface area contributed by atoms with Crippen LogP contribution in [0.1, 0.15) is 31.1 Å². The van der Waals surface area contributed by atoms with Crippen LogP contribution < -0.4 is 11.1 Å². The minimum absolute atomic E-state index is 0.134. The third-order valence-electron chi connectivity index (χ3n) is 3.34. The normalized spacial score (nSPS) is 12.3. The highest BCUT2D eigenvalue weighted by Gasteiger charge is 2.18. The van der Waals surface area contributed by atoms with E-state index in [4.69, 9.17) is 22.1 Å². The number of carbonyl (C=O) groups is 1. The summed E-state index contributed by atoms with van der Waals surface area (Å²) in [5, 5.41) is 3.71. The Hall–Kier alpha value is -1.46. The van der Waals surface area contributed by atoms with Gasteiger partial charge in [0.1, 0.15) is 0 Å². The summed E-state index contributed by atoms with van der Waals surface area (Å²) >= 11 is 6.22. The van der Waals surface area contributed by atoms with E-state index in [2.05, 4.69) is 24.1 Å². The van der Waals surface area contributed by atoms with Gasteiger partial charge < -0.3 is 20.7 Å². The summed E-state index contributed by atoms with van der Waals surface area (Å²) in [7, 11) is 1.34. The molecule has 3 N–H and O–H groups in total. The molecule has 0 aliphatic heterocycles. The summed E-state index contributed by atoms with van der Waals surface area (Å²) in [4.78, 5) is 14.2. The summed E-state index contributed by atoms with van der Waals surface area (Å²) in [5.41, 5.74) is 7.10. The number of esters is 1. The quantitative estimate of drug-likeness (QED) is 0.598. The Morgan fingerprint density at radius 2 is 2.05 bits per heavy atom. The summed E-state index contributed by atoms with van der Waals surface area (Å²) in [6.07, 6.45) is 0. The molecule has 118 valence electrons. The second-order valence-electron chi connectivity index (χ2n) is 4.95. The summed E-state index contributed by atoms with van der Waals surface area (Å²) in [6.45, 7) is 9.09. The maximum atomic E-state index is 11.9. The van der Waals surface area contributed by atoms with Crippen LogP contribution in [0.3, 0.4) is 0 Å². The fourth-order valence-corrected chi connectivity index (χ4v) is 2.49. The van der Waals surface area contributed by atoms with E-state index in [1.807, 2.05) is 6.92 Å². The molecule has 21 heavy (non-hydrogen) atoms. The maximum absolute atomic E-state index is 11.9. The lowest BCUT2D eigenvalue weighted by Crippen LogP contribution is -2.35. The molecule has 0 aliphatic rings. The van der Waals surface area contributed by atoms with Crippen molar-refractivity contribution in [3.8, 4) is 0 Å². The van der Waals surface area contributed by atoms with Crippen LogP contribution in [0.15, 0.2) is 12.1 Å². The molecular weight excluding hydrogens is 290 g/mol. The molecule has 0 fully saturated rings. The molecule has 0 radical (unpaired) electrons. The lowest BCUT2D eigenvalue weighted by atomic mass is 10.1. The third kappa shape index (κ3) is 4.79. The van der Waals surface area contributed by atoms with Crippen LogP contribution in [0.4, 0.5) is 11.4 Å². The zero-order chi connectivity index (χ0) is 16.0. The number of halogens is 1. The average Bonchev–Trinajstić information content (AvgIpc) is 2.46. The van der Waals surface area contributed by atoms with Crippen LogP contribution in [0.25, 0.3) is 0 Å². The van der Waals surface area contributed by atoms with Gasteiger partial charge in [0.25, 0.3) is 0 Å². The van der Waals surface area contributed by atoms with Gasteiger partial charge in [0, 0.05) is 18.3 Å². The van der Waals surface area contributed by atoms with E-state index in [0.717, 1.165) is 19.6 Å². The molecule has 0 aliphatic carbocycles. The molecule has 0 amide bonds. The smallest absolute Gasteiger partial charge is 0.340 e. The van der Waals surface area contributed by atoms with Crippen molar-refractivity contribution in [1.82, 2.24) is 4.90 Å². The number of nitrogens with zero attached hydrogens (tertiary/aromatic N) is 1. The maximum Gasteiger partial charge on any atom is 0.340 e. The highest BCUT2D eigenvalue weighted by Crippen LogP contribution is 2.30. The average molecular weight is 314 g/mol. The van der Waals surface area contributed by atoms with Crippen LogP contribution in [0.2, 0.25) is 5.02 Å². The number of nitrogen functional groups attached to an aromatic ring is 1. The molecule has 1 aromatic carbocycles. The molecule has 5 nitrogen and oxygen atoms in total. The fraction of sp³-hybridized carbons (Fsp3) is 0.533. The van der Waals surface area contributed by atoms with Crippen LogP contribution in [0, 0.1) is 0 Å². The number of nitrogens with two attached hydrogens (primary N) is 1. The molecule has 0 saturated carbocycles. The molecule has 0 spiro atoms. The number of rotatable bonds is 7. The Balaban J connectivity index is 2.98. The summed E-state index contributed by atoms with van der Waals surface area (Å²) in [6, 6.07) is 3.33. The van der Waals surface area contributed by atoms with Gasteiger partial charge in [0.15, 0.2) is 0 Å². The van der Waals surface area contributed by atoms with Crippen molar-refractivity contribution in [2.24, 2.45) is 0 Å². The monoisotopic (exact) mass is 313 g/mol. The molecule has 0 saturated heterocycles. The van der Waals surface area contributed by atoms with E-state index in [1.54, 1.807) is 12.1 Å². The number of hydrogen-bond acceptors (Lipinski definition) is 5. The van der Waals surface area contributed by atoms with Gasteiger partial charge in [-0.1, -0.05) is 25.4 Å². The van der Waals surface area contributed by atoms with E-state index in [0.29, 0.717) is 22.0 Å². The van der Waals surface area contributed by atoms with E-state index in [9.17, 15) is 4.79 Å². The van der Waals surface area contributed by atoms with E-state index in [-0.39, 0.29) is 6.04 Å². The molecular formula is C15H24ClN3O2. The summed E-state index contributed by atoms with van der Waals surface area (Å²) in [5.74, 6) is -0.457. The second-order valence-corrected chi connectivity index (χ2v) is 5.36. The SMILES string of the molecule is CCN(CC)CC(C)Nc1c(Cl)cc(N)cc1C(=O)OC. The number of hydrogen-bond donors (Lipinski definition) is 2. The van der Waals surface area contributed by atoms with Gasteiger partial charge in [-0.3, -0.25) is 0 Å². The third-order valence-corrected chi connectivity index (χ3v) is 3.63. The second kappa shape index (κ2) is 8.10. The highest BCUT2D eigenvalue weighted by molar-refractivity contribution is 6.34. The van der Waals surface area contributed by atoms with Gasteiger partial charge in [0.05, 0.1) is 23.4 Å². The first-order valence-electron chi connectivity index (χ1n) is 7.09. The first-order valence-corrected chi connectivity index (χ1v) is 7.46. The number of ether oxygens (including phenoxy) is 1. The number of nitrogens with one attached hydrogen (secondary N) is 1. The highest BCUT2D eigenvalue weighted by atomic mass is 35.5. The molecule has 1 atom stereocenters. The summed E-state index contributed by atoms with van der Waals surface area (Å²) < 4.78 is 4.79. The fourth-order valence-electron chi connectivity index (χ4n) is 2.21. The van der Waals surface area contributed by atoms with Crippen molar-refractivity contribution in [2.45, 2.75) is 26.8 Å². The first-order chi connectivity index (χ1) is 9.92. The van der Waals surface area contributed by atoms with Gasteiger partial charge in [-0.25, -0.2) is 4.79 Å². The molecule has 0 bridgehead atoms. The van der Waals surface area contributed by atoms with E-state index < -0.39 is 5.97 Å². The van der Waals surface area contributed by atoms with Crippen LogP contribution in [-0.2, 0) is 4.74 Å². The minimum Gasteiger partial charge on any atom is -0.465 e. The lowest BCUT2D eigenvalue weighted by molar-refractivity contribution is 0.0602. The Kier molecular flexibility index (Phi) is 6.78. The number of carbonyl (C=O) groups excluding carboxylic acids is 1. The molecule has 0 heterocycles.